The molecule has 0 fully saturated rings. The number of carbonyl (C=O) groups is 3. The molecule has 0 saturated carbocycles. The van der Waals surface area contributed by atoms with Gasteiger partial charge in [0.25, 0.3) is 15.9 Å². The Bertz CT molecular complexity index is 1090. The van der Waals surface area contributed by atoms with Gasteiger partial charge in [0, 0.05) is 26.6 Å². The highest BCUT2D eigenvalue weighted by molar-refractivity contribution is 7.90. The third-order valence-corrected chi connectivity index (χ3v) is 7.18. The normalized spacial score (nSPS) is 15.3. The monoisotopic (exact) mass is 443 g/mol. The maximum atomic E-state index is 13.0. The molecule has 1 N–H and O–H groups in total. The van der Waals surface area contributed by atoms with E-state index in [2.05, 4.69) is 5.32 Å². The maximum absolute atomic E-state index is 13.0. The predicted molar refractivity (Wildman–Crippen MR) is 115 cm³/mol. The van der Waals surface area contributed by atoms with E-state index in [1.165, 1.54) is 24.1 Å². The molecule has 2 aromatic rings. The number of benzene rings is 2. The summed E-state index contributed by atoms with van der Waals surface area (Å²) in [4.78, 5) is 39.1. The number of rotatable bonds is 8. The van der Waals surface area contributed by atoms with Crippen molar-refractivity contribution < 1.29 is 22.8 Å². The number of fused-ring (bicyclic) bond motifs is 1. The Morgan fingerprint density at radius 3 is 2.35 bits per heavy atom. The standard InChI is InChI=1S/C22H25N3O5S/c1-16(21(27)23-2)24(14-12-17-8-4-3-5-9-17)20(26)13-15-25-22(28)18-10-6-7-11-19(18)31(25,29)30/h3-11,16H,12-15H2,1-2H3,(H,23,27)/t16-/m0/s1. The number of sulfonamides is 1. The van der Waals surface area contributed by atoms with Crippen LogP contribution < -0.4 is 5.32 Å². The fourth-order valence-corrected chi connectivity index (χ4v) is 5.14. The molecule has 3 rings (SSSR count). The van der Waals surface area contributed by atoms with E-state index < -0.39 is 27.9 Å². The van der Waals surface area contributed by atoms with Crippen LogP contribution in [0.15, 0.2) is 59.5 Å². The van der Waals surface area contributed by atoms with Crippen molar-refractivity contribution in [2.45, 2.75) is 30.7 Å². The zero-order chi connectivity index (χ0) is 22.6. The Hall–Kier alpha value is -3.20. The molecule has 9 heteroatoms. The second-order valence-corrected chi connectivity index (χ2v) is 9.07. The van der Waals surface area contributed by atoms with Crippen molar-refractivity contribution in [2.75, 3.05) is 20.1 Å². The van der Waals surface area contributed by atoms with Crippen LogP contribution in [0.1, 0.15) is 29.3 Å². The highest BCUT2D eigenvalue weighted by atomic mass is 32.2. The summed E-state index contributed by atoms with van der Waals surface area (Å²) in [5, 5.41) is 2.53. The quantitative estimate of drug-likeness (QED) is 0.665. The topological polar surface area (TPSA) is 104 Å². The van der Waals surface area contributed by atoms with Crippen LogP contribution in [-0.2, 0) is 26.0 Å². The molecule has 0 spiro atoms. The van der Waals surface area contributed by atoms with Crippen LogP contribution in [0.2, 0.25) is 0 Å². The molecule has 0 aliphatic carbocycles. The van der Waals surface area contributed by atoms with Crippen molar-refractivity contribution in [3.63, 3.8) is 0 Å². The number of nitrogens with zero attached hydrogens (tertiary/aromatic N) is 2. The second kappa shape index (κ2) is 9.30. The van der Waals surface area contributed by atoms with E-state index in [-0.39, 0.29) is 29.3 Å². The number of carbonyl (C=O) groups excluding carboxylic acids is 3. The number of amides is 3. The van der Waals surface area contributed by atoms with Crippen molar-refractivity contribution in [1.29, 1.82) is 0 Å². The number of hydrogen-bond donors (Lipinski definition) is 1. The molecule has 1 aliphatic rings. The van der Waals surface area contributed by atoms with E-state index in [1.807, 2.05) is 30.3 Å². The summed E-state index contributed by atoms with van der Waals surface area (Å²) in [6, 6.07) is 14.8. The Morgan fingerprint density at radius 2 is 1.71 bits per heavy atom. The van der Waals surface area contributed by atoms with Gasteiger partial charge in [0.15, 0.2) is 0 Å². The molecule has 0 radical (unpaired) electrons. The average Bonchev–Trinajstić information content (AvgIpc) is 2.97. The van der Waals surface area contributed by atoms with Gasteiger partial charge >= 0.3 is 0 Å². The van der Waals surface area contributed by atoms with E-state index in [0.717, 1.165) is 9.87 Å². The number of nitrogens with one attached hydrogen (secondary N) is 1. The van der Waals surface area contributed by atoms with E-state index >= 15 is 0 Å². The minimum Gasteiger partial charge on any atom is -0.357 e. The summed E-state index contributed by atoms with van der Waals surface area (Å²) in [5.41, 5.74) is 1.12. The molecule has 1 aliphatic heterocycles. The zero-order valence-corrected chi connectivity index (χ0v) is 18.3. The molecule has 2 aromatic carbocycles. The summed E-state index contributed by atoms with van der Waals surface area (Å²) < 4.78 is 26.1. The molecule has 31 heavy (non-hydrogen) atoms. The van der Waals surface area contributed by atoms with Crippen molar-refractivity contribution >= 4 is 27.7 Å². The van der Waals surface area contributed by atoms with Gasteiger partial charge in [0.05, 0.1) is 5.56 Å². The highest BCUT2D eigenvalue weighted by Gasteiger charge is 2.41. The van der Waals surface area contributed by atoms with Crippen molar-refractivity contribution in [3.8, 4) is 0 Å². The van der Waals surface area contributed by atoms with Gasteiger partial charge in [-0.05, 0) is 31.0 Å². The average molecular weight is 444 g/mol. The lowest BCUT2D eigenvalue weighted by Crippen LogP contribution is -2.48. The largest absolute Gasteiger partial charge is 0.357 e. The molecule has 1 heterocycles. The Labute approximate surface area is 181 Å². The lowest BCUT2D eigenvalue weighted by molar-refractivity contribution is -0.139. The first kappa shape index (κ1) is 22.5. The van der Waals surface area contributed by atoms with E-state index in [9.17, 15) is 22.8 Å². The molecule has 1 atom stereocenters. The molecule has 8 nitrogen and oxygen atoms in total. The van der Waals surface area contributed by atoms with Crippen LogP contribution >= 0.6 is 0 Å². The number of hydrogen-bond acceptors (Lipinski definition) is 5. The van der Waals surface area contributed by atoms with Crippen molar-refractivity contribution in [2.24, 2.45) is 0 Å². The summed E-state index contributed by atoms with van der Waals surface area (Å²) >= 11 is 0. The SMILES string of the molecule is CNC(=O)[C@H](C)N(CCc1ccccc1)C(=O)CCN1C(=O)c2ccccc2S1(=O)=O. The van der Waals surface area contributed by atoms with Crippen molar-refractivity contribution in [3.05, 3.63) is 65.7 Å². The van der Waals surface area contributed by atoms with Gasteiger partial charge in [-0.2, -0.15) is 0 Å². The molecule has 0 unspecified atom stereocenters. The number of likely N-dealkylation sites (N-methyl/N-ethyl adjacent to an activating group) is 1. The summed E-state index contributed by atoms with van der Waals surface area (Å²) in [6.07, 6.45) is 0.329. The minimum absolute atomic E-state index is 0.0490. The molecule has 164 valence electrons. The van der Waals surface area contributed by atoms with Gasteiger partial charge in [0.2, 0.25) is 11.8 Å². The first-order chi connectivity index (χ1) is 14.8. The van der Waals surface area contributed by atoms with E-state index in [4.69, 9.17) is 0 Å². The Balaban J connectivity index is 1.73. The van der Waals surface area contributed by atoms with E-state index in [0.29, 0.717) is 13.0 Å². The second-order valence-electron chi connectivity index (χ2n) is 7.24. The molecular weight excluding hydrogens is 418 g/mol. The highest BCUT2D eigenvalue weighted by Crippen LogP contribution is 2.30. The minimum atomic E-state index is -3.98. The van der Waals surface area contributed by atoms with Gasteiger partial charge in [0.1, 0.15) is 10.9 Å². The lowest BCUT2D eigenvalue weighted by Gasteiger charge is -2.29. The first-order valence-corrected chi connectivity index (χ1v) is 11.4. The fraction of sp³-hybridized carbons (Fsp3) is 0.318. The third kappa shape index (κ3) is 4.61. The van der Waals surface area contributed by atoms with Gasteiger partial charge in [-0.3, -0.25) is 14.4 Å². The Kier molecular flexibility index (Phi) is 6.74. The third-order valence-electron chi connectivity index (χ3n) is 5.34. The van der Waals surface area contributed by atoms with Crippen LogP contribution in [0.3, 0.4) is 0 Å². The van der Waals surface area contributed by atoms with Gasteiger partial charge in [-0.1, -0.05) is 42.5 Å². The van der Waals surface area contributed by atoms with Crippen LogP contribution in [0.25, 0.3) is 0 Å². The van der Waals surface area contributed by atoms with E-state index in [1.54, 1.807) is 19.1 Å². The zero-order valence-electron chi connectivity index (χ0n) is 17.4. The van der Waals surface area contributed by atoms with Crippen LogP contribution in [0.4, 0.5) is 0 Å². The molecule has 0 saturated heterocycles. The van der Waals surface area contributed by atoms with Crippen LogP contribution in [0, 0.1) is 0 Å². The molecule has 0 aromatic heterocycles. The van der Waals surface area contributed by atoms with Gasteiger partial charge in [-0.15, -0.1) is 0 Å². The maximum Gasteiger partial charge on any atom is 0.269 e. The summed E-state index contributed by atoms with van der Waals surface area (Å²) in [5.74, 6) is -1.36. The molecular formula is C22H25N3O5S. The lowest BCUT2D eigenvalue weighted by atomic mass is 10.1. The van der Waals surface area contributed by atoms with Crippen LogP contribution in [0.5, 0.6) is 0 Å². The predicted octanol–water partition coefficient (Wildman–Crippen LogP) is 1.43. The van der Waals surface area contributed by atoms with Gasteiger partial charge < -0.3 is 10.2 Å². The summed E-state index contributed by atoms with van der Waals surface area (Å²) in [6.45, 7) is 1.63. The fourth-order valence-electron chi connectivity index (χ4n) is 3.57. The molecule has 0 bridgehead atoms. The summed E-state index contributed by atoms with van der Waals surface area (Å²) in [7, 11) is -2.49. The molecule has 3 amide bonds. The van der Waals surface area contributed by atoms with Gasteiger partial charge in [-0.25, -0.2) is 12.7 Å². The smallest absolute Gasteiger partial charge is 0.269 e. The first-order valence-electron chi connectivity index (χ1n) is 9.98. The van der Waals surface area contributed by atoms with Crippen LogP contribution in [-0.4, -0.2) is 61.5 Å². The van der Waals surface area contributed by atoms with Crippen molar-refractivity contribution in [1.82, 2.24) is 14.5 Å². The Morgan fingerprint density at radius 1 is 1.06 bits per heavy atom.